The third-order valence-corrected chi connectivity index (χ3v) is 3.50. The second-order valence-electron chi connectivity index (χ2n) is 3.71. The Morgan fingerprint density at radius 1 is 1.53 bits per heavy atom. The molecule has 1 atom stereocenters. The number of esters is 1. The molecular weight excluding hydrogens is 242 g/mol. The van der Waals surface area contributed by atoms with Gasteiger partial charge in [0.25, 0.3) is 5.91 Å². The first kappa shape index (κ1) is 11.8. The molecule has 0 bridgehead atoms. The number of hydrogen-bond acceptors (Lipinski definition) is 5. The average Bonchev–Trinajstić information content (AvgIpc) is 2.96. The minimum Gasteiger partial charge on any atom is -0.468 e. The van der Waals surface area contributed by atoms with Crippen molar-refractivity contribution in [3.05, 3.63) is 22.4 Å². The van der Waals surface area contributed by atoms with Gasteiger partial charge >= 0.3 is 5.97 Å². The van der Waals surface area contributed by atoms with E-state index < -0.39 is 11.9 Å². The molecule has 90 valence electrons. The molecule has 2 rings (SSSR count). The summed E-state index contributed by atoms with van der Waals surface area (Å²) in [7, 11) is 1.24. The van der Waals surface area contributed by atoms with Crippen molar-refractivity contribution >= 4 is 29.0 Å². The highest BCUT2D eigenvalue weighted by molar-refractivity contribution is 7.12. The second-order valence-corrected chi connectivity index (χ2v) is 4.65. The molecule has 17 heavy (non-hydrogen) atoms. The number of rotatable bonds is 2. The maximum atomic E-state index is 11.9. The molecule has 1 aromatic rings. The molecule has 1 saturated heterocycles. The lowest BCUT2D eigenvalue weighted by Gasteiger charge is -2.13. The number of ether oxygens (including phenoxy) is 1. The van der Waals surface area contributed by atoms with Gasteiger partial charge in [0, 0.05) is 6.54 Å². The molecule has 2 heterocycles. The number of likely N-dealkylation sites (tertiary alicyclic amines) is 1. The maximum absolute atomic E-state index is 11.9. The highest BCUT2D eigenvalue weighted by Crippen LogP contribution is 2.19. The van der Waals surface area contributed by atoms with Gasteiger partial charge in [0.05, 0.1) is 18.5 Å². The Balaban J connectivity index is 2.09. The van der Waals surface area contributed by atoms with Crippen LogP contribution in [-0.4, -0.2) is 42.8 Å². The summed E-state index contributed by atoms with van der Waals surface area (Å²) in [4.78, 5) is 36.8. The van der Waals surface area contributed by atoms with E-state index in [1.807, 2.05) is 0 Å². The van der Waals surface area contributed by atoms with Gasteiger partial charge in [-0.1, -0.05) is 6.07 Å². The van der Waals surface area contributed by atoms with Crippen molar-refractivity contribution in [3.8, 4) is 0 Å². The van der Waals surface area contributed by atoms with Crippen LogP contribution >= 0.6 is 11.3 Å². The molecule has 1 fully saturated rings. The highest BCUT2D eigenvalue weighted by atomic mass is 32.1. The fourth-order valence-corrected chi connectivity index (χ4v) is 2.43. The van der Waals surface area contributed by atoms with Crippen molar-refractivity contribution < 1.29 is 19.1 Å². The Morgan fingerprint density at radius 3 is 2.88 bits per heavy atom. The first-order chi connectivity index (χ1) is 8.13. The number of carbonyl (C=O) groups is 3. The molecule has 1 aromatic heterocycles. The number of nitrogens with zero attached hydrogens (tertiary/aromatic N) is 1. The number of carbonyl (C=O) groups excluding carboxylic acids is 3. The van der Waals surface area contributed by atoms with Crippen LogP contribution in [0.1, 0.15) is 9.67 Å². The first-order valence-corrected chi connectivity index (χ1v) is 5.94. The fourth-order valence-electron chi connectivity index (χ4n) is 1.74. The third kappa shape index (κ3) is 2.21. The van der Waals surface area contributed by atoms with Crippen LogP contribution in [0.3, 0.4) is 0 Å². The van der Waals surface area contributed by atoms with Gasteiger partial charge in [-0.2, -0.15) is 0 Å². The van der Waals surface area contributed by atoms with Gasteiger partial charge in [-0.25, -0.2) is 0 Å². The quantitative estimate of drug-likeness (QED) is 0.570. The Labute approximate surface area is 102 Å². The summed E-state index contributed by atoms with van der Waals surface area (Å²) < 4.78 is 4.53. The van der Waals surface area contributed by atoms with E-state index in [0.29, 0.717) is 4.88 Å². The number of ketones is 1. The number of amides is 1. The summed E-state index contributed by atoms with van der Waals surface area (Å²) in [5.74, 6) is -1.87. The van der Waals surface area contributed by atoms with Crippen LogP contribution in [0.15, 0.2) is 17.5 Å². The SMILES string of the molecule is COC(=O)C1CN(C(=O)c2cccs2)CC1=O. The molecule has 0 radical (unpaired) electrons. The first-order valence-electron chi connectivity index (χ1n) is 5.07. The minimum atomic E-state index is -0.830. The van der Waals surface area contributed by atoms with E-state index in [4.69, 9.17) is 0 Å². The smallest absolute Gasteiger partial charge is 0.318 e. The molecule has 0 N–H and O–H groups in total. The van der Waals surface area contributed by atoms with E-state index in [-0.39, 0.29) is 24.8 Å². The summed E-state index contributed by atoms with van der Waals surface area (Å²) in [5.41, 5.74) is 0. The Kier molecular flexibility index (Phi) is 3.23. The zero-order valence-electron chi connectivity index (χ0n) is 9.21. The molecule has 1 amide bonds. The normalized spacial score (nSPS) is 19.5. The molecule has 1 aliphatic rings. The molecule has 1 aliphatic heterocycles. The van der Waals surface area contributed by atoms with Gasteiger partial charge in [-0.05, 0) is 11.4 Å². The monoisotopic (exact) mass is 253 g/mol. The van der Waals surface area contributed by atoms with Crippen LogP contribution in [0.2, 0.25) is 0 Å². The Morgan fingerprint density at radius 2 is 2.29 bits per heavy atom. The van der Waals surface area contributed by atoms with Gasteiger partial charge in [0.2, 0.25) is 0 Å². The van der Waals surface area contributed by atoms with Crippen molar-refractivity contribution in [2.75, 3.05) is 20.2 Å². The maximum Gasteiger partial charge on any atom is 0.318 e. The lowest BCUT2D eigenvalue weighted by atomic mass is 10.1. The summed E-state index contributed by atoms with van der Waals surface area (Å²) in [6.45, 7) is 0.0960. The third-order valence-electron chi connectivity index (χ3n) is 2.64. The van der Waals surface area contributed by atoms with Gasteiger partial charge in [0.15, 0.2) is 5.78 Å². The molecule has 0 aliphatic carbocycles. The molecule has 0 spiro atoms. The van der Waals surface area contributed by atoms with E-state index in [1.165, 1.54) is 23.3 Å². The zero-order chi connectivity index (χ0) is 12.4. The fraction of sp³-hybridized carbons (Fsp3) is 0.364. The van der Waals surface area contributed by atoms with E-state index in [2.05, 4.69) is 4.74 Å². The predicted octanol–water partition coefficient (Wildman–Crippen LogP) is 0.562. The van der Waals surface area contributed by atoms with Crippen molar-refractivity contribution in [1.82, 2.24) is 4.90 Å². The van der Waals surface area contributed by atoms with Crippen LogP contribution in [0.5, 0.6) is 0 Å². The minimum absolute atomic E-state index is 0.0174. The van der Waals surface area contributed by atoms with Crippen molar-refractivity contribution in [2.24, 2.45) is 5.92 Å². The number of thiophene rings is 1. The summed E-state index contributed by atoms with van der Waals surface area (Å²) in [5, 5.41) is 1.79. The van der Waals surface area contributed by atoms with Gasteiger partial charge in [-0.3, -0.25) is 14.4 Å². The van der Waals surface area contributed by atoms with E-state index in [0.717, 1.165) is 0 Å². The van der Waals surface area contributed by atoms with Gasteiger partial charge in [0.1, 0.15) is 5.92 Å². The standard InChI is InChI=1S/C11H11NO4S/c1-16-11(15)7-5-12(6-8(7)13)10(14)9-3-2-4-17-9/h2-4,7H,5-6H2,1H3. The molecule has 0 saturated carbocycles. The lowest BCUT2D eigenvalue weighted by molar-refractivity contribution is -0.147. The van der Waals surface area contributed by atoms with E-state index in [1.54, 1.807) is 17.5 Å². The topological polar surface area (TPSA) is 63.7 Å². The van der Waals surface area contributed by atoms with Crippen LogP contribution < -0.4 is 0 Å². The predicted molar refractivity (Wildman–Crippen MR) is 60.7 cm³/mol. The second kappa shape index (κ2) is 4.67. The van der Waals surface area contributed by atoms with Gasteiger partial charge in [-0.15, -0.1) is 11.3 Å². The molecular formula is C11H11NO4S. The number of Topliss-reactive ketones (excluding diaryl/α,β-unsaturated/α-hetero) is 1. The van der Waals surface area contributed by atoms with Crippen molar-refractivity contribution in [1.29, 1.82) is 0 Å². The van der Waals surface area contributed by atoms with Gasteiger partial charge < -0.3 is 9.64 Å². The average molecular weight is 253 g/mol. The Bertz CT molecular complexity index is 454. The summed E-state index contributed by atoms with van der Waals surface area (Å²) >= 11 is 1.32. The number of methoxy groups -OCH3 is 1. The molecule has 5 nitrogen and oxygen atoms in total. The van der Waals surface area contributed by atoms with Crippen LogP contribution in [0.4, 0.5) is 0 Å². The van der Waals surface area contributed by atoms with Crippen LogP contribution in [-0.2, 0) is 14.3 Å². The molecule has 0 aromatic carbocycles. The molecule has 6 heteroatoms. The van der Waals surface area contributed by atoms with Crippen molar-refractivity contribution in [3.63, 3.8) is 0 Å². The summed E-state index contributed by atoms with van der Waals surface area (Å²) in [6.07, 6.45) is 0. The molecule has 1 unspecified atom stereocenters. The zero-order valence-corrected chi connectivity index (χ0v) is 10.0. The van der Waals surface area contributed by atoms with Crippen molar-refractivity contribution in [2.45, 2.75) is 0 Å². The van der Waals surface area contributed by atoms with E-state index >= 15 is 0 Å². The summed E-state index contributed by atoms with van der Waals surface area (Å²) in [6, 6.07) is 3.47. The Hall–Kier alpha value is -1.69. The largest absolute Gasteiger partial charge is 0.468 e. The van der Waals surface area contributed by atoms with Crippen LogP contribution in [0, 0.1) is 5.92 Å². The van der Waals surface area contributed by atoms with E-state index in [9.17, 15) is 14.4 Å². The lowest BCUT2D eigenvalue weighted by Crippen LogP contribution is -2.29. The number of hydrogen-bond donors (Lipinski definition) is 0. The highest BCUT2D eigenvalue weighted by Gasteiger charge is 2.39. The van der Waals surface area contributed by atoms with Crippen LogP contribution in [0.25, 0.3) is 0 Å².